The molecule has 2 aromatic carbocycles. The molecule has 0 saturated heterocycles. The zero-order valence-electron chi connectivity index (χ0n) is 13.5. The van der Waals surface area contributed by atoms with Gasteiger partial charge in [0.2, 0.25) is 0 Å². The molecular formula is C19H17N3O2S. The summed E-state index contributed by atoms with van der Waals surface area (Å²) in [5.74, 6) is -1.26. The third-order valence-corrected chi connectivity index (χ3v) is 4.26. The Hall–Kier alpha value is -2.99. The largest absolute Gasteiger partial charge is 0.326 e. The summed E-state index contributed by atoms with van der Waals surface area (Å²) >= 11 is 1.27. The zero-order valence-corrected chi connectivity index (χ0v) is 14.3. The molecule has 25 heavy (non-hydrogen) atoms. The van der Waals surface area contributed by atoms with Gasteiger partial charge in [0, 0.05) is 24.7 Å². The first-order chi connectivity index (χ1) is 12.2. The molecule has 3 aromatic rings. The molecule has 3 rings (SSSR count). The van der Waals surface area contributed by atoms with Crippen molar-refractivity contribution in [3.8, 4) is 0 Å². The van der Waals surface area contributed by atoms with Crippen molar-refractivity contribution in [2.24, 2.45) is 0 Å². The average Bonchev–Trinajstić information content (AvgIpc) is 3.15. The van der Waals surface area contributed by atoms with Crippen LogP contribution in [-0.2, 0) is 22.7 Å². The number of carbonyl (C=O) groups excluding carboxylic acids is 2. The lowest BCUT2D eigenvalue weighted by Crippen LogP contribution is -2.38. The van der Waals surface area contributed by atoms with Crippen molar-refractivity contribution in [2.45, 2.75) is 13.1 Å². The highest BCUT2D eigenvalue weighted by Gasteiger charge is 2.23. The van der Waals surface area contributed by atoms with Crippen LogP contribution < -0.4 is 5.32 Å². The van der Waals surface area contributed by atoms with Crippen molar-refractivity contribution >= 4 is 28.3 Å². The van der Waals surface area contributed by atoms with Crippen LogP contribution in [0.4, 0.5) is 5.13 Å². The Morgan fingerprint density at radius 2 is 1.48 bits per heavy atom. The molecule has 6 heteroatoms. The van der Waals surface area contributed by atoms with Crippen molar-refractivity contribution in [1.29, 1.82) is 0 Å². The number of nitrogens with zero attached hydrogens (tertiary/aromatic N) is 2. The van der Waals surface area contributed by atoms with Gasteiger partial charge in [0.25, 0.3) is 0 Å². The summed E-state index contributed by atoms with van der Waals surface area (Å²) in [5, 5.41) is 4.71. The Balaban J connectivity index is 1.76. The summed E-state index contributed by atoms with van der Waals surface area (Å²) in [5.41, 5.74) is 1.93. The van der Waals surface area contributed by atoms with Gasteiger partial charge in [0.1, 0.15) is 0 Å². The van der Waals surface area contributed by atoms with E-state index in [1.54, 1.807) is 11.6 Å². The molecule has 0 unspecified atom stereocenters. The molecule has 0 aliphatic heterocycles. The van der Waals surface area contributed by atoms with E-state index in [-0.39, 0.29) is 0 Å². The second kappa shape index (κ2) is 8.21. The summed E-state index contributed by atoms with van der Waals surface area (Å²) in [6.07, 6.45) is 1.58. The number of aromatic nitrogens is 1. The molecule has 0 saturated carbocycles. The predicted molar refractivity (Wildman–Crippen MR) is 97.9 cm³/mol. The molecule has 0 atom stereocenters. The van der Waals surface area contributed by atoms with Gasteiger partial charge in [-0.15, -0.1) is 11.3 Å². The molecule has 1 heterocycles. The number of carbonyl (C=O) groups is 2. The maximum Gasteiger partial charge on any atom is 0.315 e. The Morgan fingerprint density at radius 3 is 1.96 bits per heavy atom. The van der Waals surface area contributed by atoms with Crippen LogP contribution in [0.15, 0.2) is 72.2 Å². The van der Waals surface area contributed by atoms with E-state index in [1.165, 1.54) is 16.2 Å². The molecule has 1 N–H and O–H groups in total. The van der Waals surface area contributed by atoms with E-state index < -0.39 is 11.8 Å². The number of anilines is 1. The standard InChI is InChI=1S/C19H17N3O2S/c23-17(21-19-20-11-12-25-19)18(24)22(13-15-7-3-1-4-8-15)14-16-9-5-2-6-10-16/h1-12H,13-14H2,(H,20,21,23). The van der Waals surface area contributed by atoms with Crippen molar-refractivity contribution < 1.29 is 9.59 Å². The van der Waals surface area contributed by atoms with E-state index in [4.69, 9.17) is 0 Å². The minimum atomic E-state index is -0.679. The van der Waals surface area contributed by atoms with Gasteiger partial charge in [-0.2, -0.15) is 0 Å². The Kier molecular flexibility index (Phi) is 5.53. The SMILES string of the molecule is O=C(Nc1nccs1)C(=O)N(Cc1ccccc1)Cc1ccccc1. The Morgan fingerprint density at radius 1 is 0.920 bits per heavy atom. The van der Waals surface area contributed by atoms with E-state index in [0.29, 0.717) is 18.2 Å². The van der Waals surface area contributed by atoms with Crippen LogP contribution in [-0.4, -0.2) is 21.7 Å². The second-order valence-electron chi connectivity index (χ2n) is 5.42. The van der Waals surface area contributed by atoms with Crippen LogP contribution in [0, 0.1) is 0 Å². The quantitative estimate of drug-likeness (QED) is 0.717. The van der Waals surface area contributed by atoms with Crippen LogP contribution >= 0.6 is 11.3 Å². The van der Waals surface area contributed by atoms with Gasteiger partial charge in [-0.25, -0.2) is 4.98 Å². The number of hydrogen-bond acceptors (Lipinski definition) is 4. The van der Waals surface area contributed by atoms with Gasteiger partial charge in [0.15, 0.2) is 5.13 Å². The molecular weight excluding hydrogens is 334 g/mol. The highest BCUT2D eigenvalue weighted by Crippen LogP contribution is 2.13. The second-order valence-corrected chi connectivity index (χ2v) is 6.32. The van der Waals surface area contributed by atoms with Gasteiger partial charge < -0.3 is 4.90 Å². The van der Waals surface area contributed by atoms with Crippen LogP contribution in [0.5, 0.6) is 0 Å². The topological polar surface area (TPSA) is 62.3 Å². The lowest BCUT2D eigenvalue weighted by atomic mass is 10.1. The van der Waals surface area contributed by atoms with E-state index in [1.807, 2.05) is 60.7 Å². The zero-order chi connectivity index (χ0) is 17.5. The monoisotopic (exact) mass is 351 g/mol. The summed E-state index contributed by atoms with van der Waals surface area (Å²) in [6.45, 7) is 0.722. The number of nitrogens with one attached hydrogen (secondary N) is 1. The van der Waals surface area contributed by atoms with E-state index >= 15 is 0 Å². The Labute approximate surface area is 149 Å². The highest BCUT2D eigenvalue weighted by molar-refractivity contribution is 7.13. The highest BCUT2D eigenvalue weighted by atomic mass is 32.1. The smallest absolute Gasteiger partial charge is 0.315 e. The van der Waals surface area contributed by atoms with Gasteiger partial charge >= 0.3 is 11.8 Å². The van der Waals surface area contributed by atoms with Crippen LogP contribution in [0.2, 0.25) is 0 Å². The molecule has 0 radical (unpaired) electrons. The molecule has 126 valence electrons. The number of hydrogen-bond donors (Lipinski definition) is 1. The van der Waals surface area contributed by atoms with Gasteiger partial charge in [-0.3, -0.25) is 14.9 Å². The number of benzene rings is 2. The van der Waals surface area contributed by atoms with Crippen molar-refractivity contribution in [3.05, 3.63) is 83.4 Å². The molecule has 0 aliphatic carbocycles. The van der Waals surface area contributed by atoms with Gasteiger partial charge in [-0.05, 0) is 11.1 Å². The van der Waals surface area contributed by atoms with E-state index in [0.717, 1.165) is 11.1 Å². The van der Waals surface area contributed by atoms with E-state index in [2.05, 4.69) is 10.3 Å². The normalized spacial score (nSPS) is 10.2. The maximum atomic E-state index is 12.7. The fraction of sp³-hybridized carbons (Fsp3) is 0.105. The third kappa shape index (κ3) is 4.74. The van der Waals surface area contributed by atoms with E-state index in [9.17, 15) is 9.59 Å². The third-order valence-electron chi connectivity index (χ3n) is 3.57. The number of thiazole rings is 1. The first kappa shape index (κ1) is 16.9. The fourth-order valence-corrected chi connectivity index (χ4v) is 2.91. The minimum Gasteiger partial charge on any atom is -0.326 e. The molecule has 0 aliphatic rings. The number of amides is 2. The molecule has 2 amide bonds. The molecule has 0 fully saturated rings. The van der Waals surface area contributed by atoms with Crippen LogP contribution in [0.3, 0.4) is 0 Å². The van der Waals surface area contributed by atoms with Crippen molar-refractivity contribution in [1.82, 2.24) is 9.88 Å². The average molecular weight is 351 g/mol. The van der Waals surface area contributed by atoms with Crippen LogP contribution in [0.1, 0.15) is 11.1 Å². The van der Waals surface area contributed by atoms with Gasteiger partial charge in [0.05, 0.1) is 0 Å². The summed E-state index contributed by atoms with van der Waals surface area (Å²) < 4.78 is 0. The molecule has 0 spiro atoms. The fourth-order valence-electron chi connectivity index (χ4n) is 2.39. The lowest BCUT2D eigenvalue weighted by molar-refractivity contribution is -0.144. The van der Waals surface area contributed by atoms with Crippen molar-refractivity contribution in [3.63, 3.8) is 0 Å². The minimum absolute atomic E-state index is 0.361. The van der Waals surface area contributed by atoms with Crippen LogP contribution in [0.25, 0.3) is 0 Å². The predicted octanol–water partition coefficient (Wildman–Crippen LogP) is 3.31. The first-order valence-corrected chi connectivity index (χ1v) is 8.68. The van der Waals surface area contributed by atoms with Crippen molar-refractivity contribution in [2.75, 3.05) is 5.32 Å². The summed E-state index contributed by atoms with van der Waals surface area (Å²) in [6, 6.07) is 19.2. The summed E-state index contributed by atoms with van der Waals surface area (Å²) in [4.78, 5) is 30.5. The Bertz CT molecular complexity index is 779. The number of rotatable bonds is 5. The molecule has 0 bridgehead atoms. The first-order valence-electron chi connectivity index (χ1n) is 7.80. The molecule has 1 aromatic heterocycles. The lowest BCUT2D eigenvalue weighted by Gasteiger charge is -2.22. The molecule has 5 nitrogen and oxygen atoms in total. The maximum absolute atomic E-state index is 12.7. The van der Waals surface area contributed by atoms with Gasteiger partial charge in [-0.1, -0.05) is 60.7 Å². The summed E-state index contributed by atoms with van der Waals surface area (Å²) in [7, 11) is 0.